The molecule has 1 aromatic carbocycles. The number of nitrogens with one attached hydrogen (secondary N) is 2. The van der Waals surface area contributed by atoms with Crippen molar-refractivity contribution in [3.8, 4) is 5.75 Å². The molecule has 1 aliphatic heterocycles. The fraction of sp³-hybridized carbons (Fsp3) is 0.611. The van der Waals surface area contributed by atoms with Crippen molar-refractivity contribution in [2.75, 3.05) is 39.0 Å². The average Bonchev–Trinajstić information content (AvgIpc) is 2.95. The van der Waals surface area contributed by atoms with Gasteiger partial charge in [-0.3, -0.25) is 4.99 Å². The first kappa shape index (κ1) is 24.0. The average molecular weight is 510 g/mol. The normalized spacial score (nSPS) is 16.6. The second-order valence-corrected chi connectivity index (χ2v) is 8.47. The first-order valence-electron chi connectivity index (χ1n) is 9.11. The van der Waals surface area contributed by atoms with Gasteiger partial charge in [-0.25, -0.2) is 12.7 Å². The number of rotatable bonds is 8. The van der Waals surface area contributed by atoms with Crippen LogP contribution in [0.2, 0.25) is 0 Å². The Labute approximate surface area is 180 Å². The number of hydrogen-bond acceptors (Lipinski definition) is 4. The van der Waals surface area contributed by atoms with E-state index >= 15 is 0 Å². The highest BCUT2D eigenvalue weighted by Crippen LogP contribution is 2.20. The van der Waals surface area contributed by atoms with Crippen LogP contribution < -0.4 is 15.4 Å². The molecule has 1 aliphatic rings. The van der Waals surface area contributed by atoms with Gasteiger partial charge in [-0.1, -0.05) is 19.1 Å². The second-order valence-electron chi connectivity index (χ2n) is 6.38. The van der Waals surface area contributed by atoms with Gasteiger partial charge in [-0.2, -0.15) is 0 Å². The van der Waals surface area contributed by atoms with E-state index in [1.54, 1.807) is 7.05 Å². The predicted octanol–water partition coefficient (Wildman–Crippen LogP) is 2.10. The van der Waals surface area contributed by atoms with Gasteiger partial charge in [0.1, 0.15) is 5.75 Å². The van der Waals surface area contributed by atoms with E-state index in [1.165, 1.54) is 4.31 Å². The van der Waals surface area contributed by atoms with Crippen molar-refractivity contribution in [3.63, 3.8) is 0 Å². The second kappa shape index (κ2) is 11.7. The van der Waals surface area contributed by atoms with Gasteiger partial charge in [0.2, 0.25) is 10.0 Å². The lowest BCUT2D eigenvalue weighted by molar-refractivity contribution is 0.313. The van der Waals surface area contributed by atoms with Crippen molar-refractivity contribution in [1.29, 1.82) is 0 Å². The van der Waals surface area contributed by atoms with Gasteiger partial charge < -0.3 is 15.4 Å². The van der Waals surface area contributed by atoms with Gasteiger partial charge in [0.15, 0.2) is 5.96 Å². The maximum Gasteiger partial charge on any atom is 0.214 e. The van der Waals surface area contributed by atoms with Crippen LogP contribution in [-0.4, -0.2) is 57.7 Å². The van der Waals surface area contributed by atoms with E-state index in [2.05, 4.69) is 34.7 Å². The molecule has 1 heterocycles. The van der Waals surface area contributed by atoms with Crippen molar-refractivity contribution < 1.29 is 13.2 Å². The molecule has 1 fully saturated rings. The Morgan fingerprint density at radius 1 is 1.33 bits per heavy atom. The van der Waals surface area contributed by atoms with E-state index in [9.17, 15) is 8.42 Å². The number of aliphatic imine (C=N–C) groups is 1. The quantitative estimate of drug-likeness (QED) is 0.318. The minimum atomic E-state index is -3.05. The van der Waals surface area contributed by atoms with Crippen LogP contribution in [-0.2, 0) is 16.6 Å². The lowest BCUT2D eigenvalue weighted by Gasteiger charge is -2.17. The molecular formula is C18H31IN4O3S. The number of benzene rings is 1. The third-order valence-corrected chi connectivity index (χ3v) is 6.17. The molecule has 0 unspecified atom stereocenters. The Hall–Kier alpha value is -1.07. The van der Waals surface area contributed by atoms with Gasteiger partial charge in [-0.05, 0) is 31.4 Å². The van der Waals surface area contributed by atoms with Crippen LogP contribution in [0.4, 0.5) is 0 Å². The predicted molar refractivity (Wildman–Crippen MR) is 121 cm³/mol. The third-order valence-electron chi connectivity index (χ3n) is 4.21. The summed E-state index contributed by atoms with van der Waals surface area (Å²) in [6.07, 6.45) is 1.67. The Morgan fingerprint density at radius 3 is 2.74 bits per heavy atom. The van der Waals surface area contributed by atoms with Gasteiger partial charge >= 0.3 is 0 Å². The number of hydrogen-bond donors (Lipinski definition) is 2. The van der Waals surface area contributed by atoms with E-state index < -0.39 is 10.0 Å². The molecule has 0 aromatic heterocycles. The number of aryl methyl sites for hydroxylation is 1. The van der Waals surface area contributed by atoms with E-state index in [1.807, 2.05) is 13.0 Å². The first-order valence-corrected chi connectivity index (χ1v) is 10.7. The fourth-order valence-electron chi connectivity index (χ4n) is 2.80. The van der Waals surface area contributed by atoms with E-state index in [0.29, 0.717) is 45.2 Å². The maximum atomic E-state index is 11.8. The van der Waals surface area contributed by atoms with E-state index in [0.717, 1.165) is 23.3 Å². The zero-order valence-electron chi connectivity index (χ0n) is 16.3. The fourth-order valence-corrected chi connectivity index (χ4v) is 4.32. The van der Waals surface area contributed by atoms with Gasteiger partial charge in [0, 0.05) is 38.8 Å². The summed E-state index contributed by atoms with van der Waals surface area (Å²) < 4.78 is 31.0. The third kappa shape index (κ3) is 7.46. The molecule has 0 amide bonds. The summed E-state index contributed by atoms with van der Waals surface area (Å²) in [5, 5.41) is 6.43. The number of nitrogens with zero attached hydrogens (tertiary/aromatic N) is 2. The molecule has 2 N–H and O–H groups in total. The molecule has 9 heteroatoms. The zero-order chi connectivity index (χ0) is 19.0. The summed E-state index contributed by atoms with van der Waals surface area (Å²) in [5.41, 5.74) is 2.23. The van der Waals surface area contributed by atoms with Crippen LogP contribution in [0.15, 0.2) is 23.2 Å². The van der Waals surface area contributed by atoms with Crippen LogP contribution in [0, 0.1) is 6.92 Å². The van der Waals surface area contributed by atoms with Crippen LogP contribution in [0.5, 0.6) is 5.75 Å². The standard InChI is InChI=1S/C18H30N4O3S.HI/c1-4-11-25-17-13-15(2)6-7-16(17)14-21-18(19-3)20-8-10-22-9-5-12-26(22,23)24;/h6-7,13H,4-5,8-12,14H2,1-3H3,(H2,19,20,21);1H. The van der Waals surface area contributed by atoms with E-state index in [-0.39, 0.29) is 29.7 Å². The number of ether oxygens (including phenoxy) is 1. The molecule has 2 rings (SSSR count). The number of sulfonamides is 1. The summed E-state index contributed by atoms with van der Waals surface area (Å²) >= 11 is 0. The molecule has 27 heavy (non-hydrogen) atoms. The SMILES string of the molecule is CCCOc1cc(C)ccc1CNC(=NC)NCCN1CCCS1(=O)=O.I. The molecule has 0 saturated carbocycles. The van der Waals surface area contributed by atoms with Gasteiger partial charge in [0.05, 0.1) is 12.4 Å². The summed E-state index contributed by atoms with van der Waals surface area (Å²) in [4.78, 5) is 4.20. The topological polar surface area (TPSA) is 83.0 Å². The van der Waals surface area contributed by atoms with Gasteiger partial charge in [0.25, 0.3) is 0 Å². The Morgan fingerprint density at radius 2 is 2.11 bits per heavy atom. The lowest BCUT2D eigenvalue weighted by Crippen LogP contribution is -2.41. The molecular weight excluding hydrogens is 479 g/mol. The van der Waals surface area contributed by atoms with Crippen molar-refractivity contribution in [3.05, 3.63) is 29.3 Å². The summed E-state index contributed by atoms with van der Waals surface area (Å²) in [5.74, 6) is 1.79. The molecule has 0 spiro atoms. The van der Waals surface area contributed by atoms with E-state index in [4.69, 9.17) is 4.74 Å². The Kier molecular flexibility index (Phi) is 10.4. The van der Waals surface area contributed by atoms with Crippen LogP contribution >= 0.6 is 24.0 Å². The highest BCUT2D eigenvalue weighted by atomic mass is 127. The molecule has 1 saturated heterocycles. The Balaban J connectivity index is 0.00000364. The molecule has 0 atom stereocenters. The first-order chi connectivity index (χ1) is 12.5. The molecule has 0 aliphatic carbocycles. The highest BCUT2D eigenvalue weighted by Gasteiger charge is 2.27. The number of halogens is 1. The maximum absolute atomic E-state index is 11.8. The smallest absolute Gasteiger partial charge is 0.214 e. The van der Waals surface area contributed by atoms with Crippen LogP contribution in [0.3, 0.4) is 0 Å². The molecule has 7 nitrogen and oxygen atoms in total. The van der Waals surface area contributed by atoms with Crippen LogP contribution in [0.25, 0.3) is 0 Å². The highest BCUT2D eigenvalue weighted by molar-refractivity contribution is 14.0. The van der Waals surface area contributed by atoms with Crippen LogP contribution in [0.1, 0.15) is 30.9 Å². The van der Waals surface area contributed by atoms with Crippen molar-refractivity contribution >= 4 is 40.0 Å². The lowest BCUT2D eigenvalue weighted by atomic mass is 10.1. The number of guanidine groups is 1. The zero-order valence-corrected chi connectivity index (χ0v) is 19.5. The minimum Gasteiger partial charge on any atom is -0.493 e. The van der Waals surface area contributed by atoms with Crippen molar-refractivity contribution in [2.24, 2.45) is 4.99 Å². The minimum absolute atomic E-state index is 0. The summed E-state index contributed by atoms with van der Waals surface area (Å²) in [6, 6.07) is 6.16. The van der Waals surface area contributed by atoms with Crippen molar-refractivity contribution in [1.82, 2.24) is 14.9 Å². The monoisotopic (exact) mass is 510 g/mol. The molecule has 0 bridgehead atoms. The van der Waals surface area contributed by atoms with Crippen molar-refractivity contribution in [2.45, 2.75) is 33.2 Å². The summed E-state index contributed by atoms with van der Waals surface area (Å²) in [6.45, 7) is 6.99. The Bertz CT molecular complexity index is 725. The molecule has 0 radical (unpaired) electrons. The largest absolute Gasteiger partial charge is 0.493 e. The summed E-state index contributed by atoms with van der Waals surface area (Å²) in [7, 11) is -1.35. The van der Waals surface area contributed by atoms with Gasteiger partial charge in [-0.15, -0.1) is 24.0 Å². The molecule has 154 valence electrons. The molecule has 1 aromatic rings.